The molecule has 3 aromatic rings. The summed E-state index contributed by atoms with van der Waals surface area (Å²) in [5.74, 6) is 0.269. The lowest BCUT2D eigenvalue weighted by Gasteiger charge is -2.30. The predicted octanol–water partition coefficient (Wildman–Crippen LogP) is 4.11. The van der Waals surface area contributed by atoms with Gasteiger partial charge in [0.25, 0.3) is 0 Å². The number of rotatable bonds is 6. The highest BCUT2D eigenvalue weighted by atomic mass is 35.5. The average molecular weight is 499 g/mol. The van der Waals surface area contributed by atoms with Crippen LogP contribution in [0.3, 0.4) is 0 Å². The Labute approximate surface area is 204 Å². The quantitative estimate of drug-likeness (QED) is 0.554. The van der Waals surface area contributed by atoms with E-state index in [9.17, 15) is 13.2 Å². The van der Waals surface area contributed by atoms with Crippen LogP contribution in [0.25, 0.3) is 0 Å². The Morgan fingerprint density at radius 3 is 2.53 bits per heavy atom. The van der Waals surface area contributed by atoms with Crippen molar-refractivity contribution in [1.82, 2.24) is 14.1 Å². The highest BCUT2D eigenvalue weighted by Gasteiger charge is 2.33. The molecule has 1 fully saturated rings. The molecule has 0 unspecified atom stereocenters. The minimum atomic E-state index is -3.55. The van der Waals surface area contributed by atoms with Gasteiger partial charge >= 0.3 is 0 Å². The van der Waals surface area contributed by atoms with E-state index in [0.717, 1.165) is 30.4 Å². The molecule has 9 heteroatoms. The highest BCUT2D eigenvalue weighted by Crippen LogP contribution is 2.29. The molecular formula is C25H27ClN4O3S. The van der Waals surface area contributed by atoms with Crippen LogP contribution in [0.5, 0.6) is 0 Å². The van der Waals surface area contributed by atoms with Crippen molar-refractivity contribution in [2.24, 2.45) is 5.92 Å². The number of piperidine rings is 1. The summed E-state index contributed by atoms with van der Waals surface area (Å²) in [5.41, 5.74) is 3.42. The summed E-state index contributed by atoms with van der Waals surface area (Å²) < 4.78 is 29.6. The van der Waals surface area contributed by atoms with E-state index >= 15 is 0 Å². The maximum Gasteiger partial charge on any atom is 0.243 e. The number of hydrogen-bond acceptors (Lipinski definition) is 4. The molecule has 7 nitrogen and oxygen atoms in total. The molecule has 2 aromatic carbocycles. The van der Waals surface area contributed by atoms with E-state index in [4.69, 9.17) is 11.6 Å². The Bertz CT molecular complexity index is 1300. The molecule has 1 aliphatic heterocycles. The molecule has 0 spiro atoms. The van der Waals surface area contributed by atoms with Crippen LogP contribution in [-0.2, 0) is 34.2 Å². The lowest BCUT2D eigenvalue weighted by molar-refractivity contribution is -0.121. The molecule has 5 rings (SSSR count). The van der Waals surface area contributed by atoms with E-state index in [2.05, 4.69) is 10.4 Å². The van der Waals surface area contributed by atoms with Gasteiger partial charge in [0.1, 0.15) is 5.82 Å². The maximum atomic E-state index is 13.2. The van der Waals surface area contributed by atoms with E-state index in [1.165, 1.54) is 9.87 Å². The number of aryl methyl sites for hydroxylation is 2. The fourth-order valence-corrected chi connectivity index (χ4v) is 6.42. The zero-order chi connectivity index (χ0) is 23.7. The topological polar surface area (TPSA) is 84.3 Å². The molecule has 0 atom stereocenters. The van der Waals surface area contributed by atoms with E-state index in [-0.39, 0.29) is 11.8 Å². The number of nitrogens with zero attached hydrogens (tertiary/aromatic N) is 3. The van der Waals surface area contributed by atoms with Gasteiger partial charge < -0.3 is 5.32 Å². The van der Waals surface area contributed by atoms with E-state index in [1.54, 1.807) is 23.0 Å². The average Bonchev–Trinajstić information content (AvgIpc) is 3.49. The van der Waals surface area contributed by atoms with Crippen molar-refractivity contribution in [2.75, 3.05) is 18.4 Å². The molecule has 34 heavy (non-hydrogen) atoms. The van der Waals surface area contributed by atoms with Gasteiger partial charge in [-0.1, -0.05) is 29.8 Å². The fourth-order valence-electron chi connectivity index (χ4n) is 4.77. The SMILES string of the molecule is O=C(Nc1ccnn1Cc1ccc(Cl)cc1)C1CCN(S(=O)(=O)c2ccc3c(c2)CCC3)CC1. The standard InChI is InChI=1S/C25H27ClN4O3S/c26-22-7-4-18(5-8-22)17-30-24(10-13-27-30)28-25(31)20-11-14-29(15-12-20)34(32,33)23-9-6-19-2-1-3-21(19)16-23/h4-10,13,16,20H,1-3,11-12,14-15,17H2,(H,28,31). The second-order valence-corrected chi connectivity index (χ2v) is 11.3. The second kappa shape index (κ2) is 9.52. The number of amides is 1. The van der Waals surface area contributed by atoms with Crippen molar-refractivity contribution < 1.29 is 13.2 Å². The van der Waals surface area contributed by atoms with Crippen LogP contribution in [-0.4, -0.2) is 41.5 Å². The predicted molar refractivity (Wildman–Crippen MR) is 131 cm³/mol. The summed E-state index contributed by atoms with van der Waals surface area (Å²) in [7, 11) is -3.55. The molecule has 1 amide bonds. The number of carbonyl (C=O) groups is 1. The number of aromatic nitrogens is 2. The van der Waals surface area contributed by atoms with E-state index < -0.39 is 10.0 Å². The summed E-state index contributed by atoms with van der Waals surface area (Å²) in [4.78, 5) is 13.3. The number of anilines is 1. The number of nitrogens with one attached hydrogen (secondary N) is 1. The summed E-state index contributed by atoms with van der Waals surface area (Å²) in [5, 5.41) is 7.96. The van der Waals surface area contributed by atoms with Crippen molar-refractivity contribution >= 4 is 33.3 Å². The molecule has 178 valence electrons. The first-order valence-electron chi connectivity index (χ1n) is 11.6. The van der Waals surface area contributed by atoms with Crippen molar-refractivity contribution in [3.8, 4) is 0 Å². The van der Waals surface area contributed by atoms with Crippen molar-refractivity contribution in [3.63, 3.8) is 0 Å². The Morgan fingerprint density at radius 2 is 1.76 bits per heavy atom. The third kappa shape index (κ3) is 4.76. The number of carbonyl (C=O) groups excluding carboxylic acids is 1. The first-order valence-corrected chi connectivity index (χ1v) is 13.4. The van der Waals surface area contributed by atoms with Crippen LogP contribution in [0.4, 0.5) is 5.82 Å². The van der Waals surface area contributed by atoms with Crippen LogP contribution >= 0.6 is 11.6 Å². The van der Waals surface area contributed by atoms with Gasteiger partial charge in [-0.3, -0.25) is 4.79 Å². The number of benzene rings is 2. The molecule has 1 N–H and O–H groups in total. The molecule has 2 heterocycles. The molecule has 1 saturated heterocycles. The van der Waals surface area contributed by atoms with Gasteiger partial charge in [0.05, 0.1) is 17.6 Å². The molecule has 0 radical (unpaired) electrons. The minimum Gasteiger partial charge on any atom is -0.311 e. The Kier molecular flexibility index (Phi) is 6.46. The molecule has 0 saturated carbocycles. The lowest BCUT2D eigenvalue weighted by atomic mass is 9.97. The van der Waals surface area contributed by atoms with Gasteiger partial charge in [-0.05, 0) is 73.1 Å². The summed E-state index contributed by atoms with van der Waals surface area (Å²) >= 11 is 5.95. The monoisotopic (exact) mass is 498 g/mol. The van der Waals surface area contributed by atoms with Crippen LogP contribution in [0.15, 0.2) is 59.6 Å². The molecular weight excluding hydrogens is 472 g/mol. The zero-order valence-electron chi connectivity index (χ0n) is 18.8. The second-order valence-electron chi connectivity index (χ2n) is 8.95. The van der Waals surface area contributed by atoms with Crippen LogP contribution < -0.4 is 5.32 Å². The number of hydrogen-bond donors (Lipinski definition) is 1. The van der Waals surface area contributed by atoms with Crippen LogP contribution in [0.1, 0.15) is 36.0 Å². The molecule has 0 bridgehead atoms. The lowest BCUT2D eigenvalue weighted by Crippen LogP contribution is -2.41. The summed E-state index contributed by atoms with van der Waals surface area (Å²) in [6.07, 6.45) is 5.67. The number of fused-ring (bicyclic) bond motifs is 1. The Morgan fingerprint density at radius 1 is 1.03 bits per heavy atom. The first-order chi connectivity index (χ1) is 16.4. The normalized spacial score (nSPS) is 17.0. The largest absolute Gasteiger partial charge is 0.311 e. The zero-order valence-corrected chi connectivity index (χ0v) is 20.4. The molecule has 1 aliphatic carbocycles. The van der Waals surface area contributed by atoms with Gasteiger partial charge in [-0.25, -0.2) is 13.1 Å². The molecule has 1 aromatic heterocycles. The first kappa shape index (κ1) is 23.1. The van der Waals surface area contributed by atoms with Crippen molar-refractivity contribution in [1.29, 1.82) is 0 Å². The Hall–Kier alpha value is -2.68. The van der Waals surface area contributed by atoms with Gasteiger partial charge in [0.15, 0.2) is 0 Å². The van der Waals surface area contributed by atoms with E-state index in [1.807, 2.05) is 36.4 Å². The highest BCUT2D eigenvalue weighted by molar-refractivity contribution is 7.89. The van der Waals surface area contributed by atoms with Gasteiger partial charge in [0, 0.05) is 30.1 Å². The molecule has 2 aliphatic rings. The number of halogens is 1. The van der Waals surface area contributed by atoms with Gasteiger partial charge in [0.2, 0.25) is 15.9 Å². The van der Waals surface area contributed by atoms with Crippen LogP contribution in [0, 0.1) is 5.92 Å². The van der Waals surface area contributed by atoms with E-state index in [0.29, 0.717) is 48.2 Å². The maximum absolute atomic E-state index is 13.2. The van der Waals surface area contributed by atoms with Crippen LogP contribution in [0.2, 0.25) is 5.02 Å². The van der Waals surface area contributed by atoms with Crippen molar-refractivity contribution in [2.45, 2.75) is 43.5 Å². The third-order valence-electron chi connectivity index (χ3n) is 6.75. The van der Waals surface area contributed by atoms with Crippen molar-refractivity contribution in [3.05, 3.63) is 76.4 Å². The third-order valence-corrected chi connectivity index (χ3v) is 8.89. The van der Waals surface area contributed by atoms with Gasteiger partial charge in [-0.2, -0.15) is 9.40 Å². The summed E-state index contributed by atoms with van der Waals surface area (Å²) in [6, 6.07) is 14.8. The summed E-state index contributed by atoms with van der Waals surface area (Å²) in [6.45, 7) is 1.18. The fraction of sp³-hybridized carbons (Fsp3) is 0.360. The van der Waals surface area contributed by atoms with Gasteiger partial charge in [-0.15, -0.1) is 0 Å². The minimum absolute atomic E-state index is 0.104. The number of sulfonamides is 1. The Balaban J connectivity index is 1.20. The smallest absolute Gasteiger partial charge is 0.243 e.